The molecule has 0 aliphatic heterocycles. The van der Waals surface area contributed by atoms with Gasteiger partial charge >= 0.3 is 0 Å². The zero-order valence-electron chi connectivity index (χ0n) is 8.37. The number of hydrogen-bond acceptors (Lipinski definition) is 3. The molecule has 0 saturated heterocycles. The van der Waals surface area contributed by atoms with Crippen LogP contribution in [0, 0.1) is 10.1 Å². The summed E-state index contributed by atoms with van der Waals surface area (Å²) in [5.74, 6) is 0. The van der Waals surface area contributed by atoms with Crippen LogP contribution in [-0.2, 0) is 6.54 Å². The third-order valence-electron chi connectivity index (χ3n) is 1.91. The van der Waals surface area contributed by atoms with Gasteiger partial charge in [0.25, 0.3) is 5.69 Å². The molecule has 0 bridgehead atoms. The standard InChI is InChI=1S/C10H10Cl2N2O2/c1-7(11)5-13-6-8-9(12)3-2-4-10(8)14(15)16/h2-4,13H,1,5-6H2. The number of rotatable bonds is 5. The predicted molar refractivity (Wildman–Crippen MR) is 64.8 cm³/mol. The second-order valence-electron chi connectivity index (χ2n) is 3.12. The fourth-order valence-corrected chi connectivity index (χ4v) is 1.55. The Morgan fingerprint density at radius 1 is 1.56 bits per heavy atom. The Morgan fingerprint density at radius 3 is 2.81 bits per heavy atom. The van der Waals surface area contributed by atoms with Crippen LogP contribution in [0.5, 0.6) is 0 Å². The van der Waals surface area contributed by atoms with Crippen LogP contribution in [0.2, 0.25) is 5.02 Å². The van der Waals surface area contributed by atoms with E-state index in [2.05, 4.69) is 11.9 Å². The molecule has 0 amide bonds. The first-order valence-corrected chi connectivity index (χ1v) is 5.23. The lowest BCUT2D eigenvalue weighted by Gasteiger charge is -2.06. The maximum Gasteiger partial charge on any atom is 0.275 e. The molecule has 16 heavy (non-hydrogen) atoms. The van der Waals surface area contributed by atoms with Crippen LogP contribution < -0.4 is 5.32 Å². The van der Waals surface area contributed by atoms with Gasteiger partial charge in [-0.1, -0.05) is 35.8 Å². The molecule has 0 fully saturated rings. The number of benzene rings is 1. The van der Waals surface area contributed by atoms with Gasteiger partial charge in [-0.25, -0.2) is 0 Å². The summed E-state index contributed by atoms with van der Waals surface area (Å²) in [6, 6.07) is 4.57. The average Bonchev–Trinajstić information content (AvgIpc) is 2.19. The summed E-state index contributed by atoms with van der Waals surface area (Å²) >= 11 is 11.5. The van der Waals surface area contributed by atoms with Gasteiger partial charge in [0.2, 0.25) is 0 Å². The molecule has 86 valence electrons. The molecular weight excluding hydrogens is 251 g/mol. The minimum absolute atomic E-state index is 0.000171. The SMILES string of the molecule is C=C(Cl)CNCc1c(Cl)cccc1[N+](=O)[O-]. The summed E-state index contributed by atoms with van der Waals surface area (Å²) in [5, 5.41) is 14.5. The Kier molecular flexibility index (Phi) is 4.73. The van der Waals surface area contributed by atoms with Crippen LogP contribution in [0.4, 0.5) is 5.69 Å². The van der Waals surface area contributed by atoms with Gasteiger partial charge in [0.15, 0.2) is 0 Å². The highest BCUT2D eigenvalue weighted by atomic mass is 35.5. The molecule has 6 heteroatoms. The van der Waals surface area contributed by atoms with Crippen molar-refractivity contribution in [2.24, 2.45) is 0 Å². The number of nitrogens with zero attached hydrogens (tertiary/aromatic N) is 1. The van der Waals surface area contributed by atoms with Crippen molar-refractivity contribution in [2.45, 2.75) is 6.54 Å². The Labute approximate surface area is 103 Å². The Morgan fingerprint density at radius 2 is 2.25 bits per heavy atom. The van der Waals surface area contributed by atoms with Crippen molar-refractivity contribution in [3.05, 3.63) is 50.5 Å². The van der Waals surface area contributed by atoms with Crippen LogP contribution in [0.25, 0.3) is 0 Å². The van der Waals surface area contributed by atoms with E-state index in [1.807, 2.05) is 0 Å². The zero-order chi connectivity index (χ0) is 12.1. The third-order valence-corrected chi connectivity index (χ3v) is 2.40. The predicted octanol–water partition coefficient (Wildman–Crippen LogP) is 3.09. The molecule has 4 nitrogen and oxygen atoms in total. The van der Waals surface area contributed by atoms with Crippen LogP contribution in [-0.4, -0.2) is 11.5 Å². The topological polar surface area (TPSA) is 55.2 Å². The van der Waals surface area contributed by atoms with Gasteiger partial charge in [-0.2, -0.15) is 0 Å². The van der Waals surface area contributed by atoms with Crippen molar-refractivity contribution in [3.63, 3.8) is 0 Å². The van der Waals surface area contributed by atoms with Gasteiger partial charge in [0.05, 0.1) is 15.5 Å². The molecule has 0 unspecified atom stereocenters. The largest absolute Gasteiger partial charge is 0.307 e. The van der Waals surface area contributed by atoms with E-state index in [4.69, 9.17) is 23.2 Å². The van der Waals surface area contributed by atoms with Crippen molar-refractivity contribution >= 4 is 28.9 Å². The van der Waals surface area contributed by atoms with Crippen LogP contribution in [0.15, 0.2) is 29.8 Å². The Balaban J connectivity index is 2.84. The average molecular weight is 261 g/mol. The van der Waals surface area contributed by atoms with E-state index < -0.39 is 4.92 Å². The molecule has 0 aromatic heterocycles. The molecule has 0 aliphatic carbocycles. The van der Waals surface area contributed by atoms with Crippen molar-refractivity contribution in [3.8, 4) is 0 Å². The maximum absolute atomic E-state index is 10.7. The summed E-state index contributed by atoms with van der Waals surface area (Å²) in [7, 11) is 0. The van der Waals surface area contributed by atoms with Crippen molar-refractivity contribution in [1.29, 1.82) is 0 Å². The molecule has 0 atom stereocenters. The summed E-state index contributed by atoms with van der Waals surface area (Å²) in [5.41, 5.74) is 0.451. The Bertz CT molecular complexity index is 421. The van der Waals surface area contributed by atoms with Crippen LogP contribution in [0.3, 0.4) is 0 Å². The minimum atomic E-state index is -0.460. The molecule has 0 radical (unpaired) electrons. The number of nitrogens with one attached hydrogen (secondary N) is 1. The quantitative estimate of drug-likeness (QED) is 0.654. The second-order valence-corrected chi connectivity index (χ2v) is 4.06. The fraction of sp³-hybridized carbons (Fsp3) is 0.200. The van der Waals surface area contributed by atoms with E-state index in [1.54, 1.807) is 12.1 Å². The van der Waals surface area contributed by atoms with E-state index in [0.29, 0.717) is 22.2 Å². The summed E-state index contributed by atoms with van der Waals surface area (Å²) in [4.78, 5) is 10.3. The number of hydrogen-bond donors (Lipinski definition) is 1. The van der Waals surface area contributed by atoms with Gasteiger partial charge in [0, 0.05) is 24.2 Å². The lowest BCUT2D eigenvalue weighted by atomic mass is 10.2. The monoisotopic (exact) mass is 260 g/mol. The molecular formula is C10H10Cl2N2O2. The molecule has 0 heterocycles. The van der Waals surface area contributed by atoms with Gasteiger partial charge in [-0.15, -0.1) is 0 Å². The van der Waals surface area contributed by atoms with E-state index in [1.165, 1.54) is 6.07 Å². The lowest BCUT2D eigenvalue weighted by Crippen LogP contribution is -2.15. The summed E-state index contributed by atoms with van der Waals surface area (Å²) in [6.07, 6.45) is 0. The summed E-state index contributed by atoms with van der Waals surface area (Å²) in [6.45, 7) is 4.16. The van der Waals surface area contributed by atoms with Crippen molar-refractivity contribution in [2.75, 3.05) is 6.54 Å². The molecule has 0 spiro atoms. The minimum Gasteiger partial charge on any atom is -0.307 e. The number of halogens is 2. The van der Waals surface area contributed by atoms with Crippen LogP contribution in [0.1, 0.15) is 5.56 Å². The highest BCUT2D eigenvalue weighted by Crippen LogP contribution is 2.25. The van der Waals surface area contributed by atoms with E-state index in [9.17, 15) is 10.1 Å². The molecule has 0 saturated carbocycles. The third kappa shape index (κ3) is 3.48. The lowest BCUT2D eigenvalue weighted by molar-refractivity contribution is -0.385. The smallest absolute Gasteiger partial charge is 0.275 e. The number of nitro benzene ring substituents is 1. The molecule has 1 rings (SSSR count). The van der Waals surface area contributed by atoms with Gasteiger partial charge in [-0.05, 0) is 6.07 Å². The molecule has 1 aromatic carbocycles. The van der Waals surface area contributed by atoms with Gasteiger partial charge in [-0.3, -0.25) is 10.1 Å². The van der Waals surface area contributed by atoms with E-state index in [0.717, 1.165) is 0 Å². The van der Waals surface area contributed by atoms with Crippen LogP contribution >= 0.6 is 23.2 Å². The maximum atomic E-state index is 10.7. The fourth-order valence-electron chi connectivity index (χ4n) is 1.22. The number of nitro groups is 1. The Hall–Kier alpha value is -1.10. The first kappa shape index (κ1) is 13.0. The summed E-state index contributed by atoms with van der Waals surface area (Å²) < 4.78 is 0. The highest BCUT2D eigenvalue weighted by Gasteiger charge is 2.15. The second kappa shape index (κ2) is 5.84. The first-order valence-electron chi connectivity index (χ1n) is 4.48. The van der Waals surface area contributed by atoms with E-state index in [-0.39, 0.29) is 12.2 Å². The molecule has 1 N–H and O–H groups in total. The first-order chi connectivity index (χ1) is 7.52. The normalized spacial score (nSPS) is 10.1. The highest BCUT2D eigenvalue weighted by molar-refractivity contribution is 6.31. The van der Waals surface area contributed by atoms with E-state index >= 15 is 0 Å². The van der Waals surface area contributed by atoms with Crippen molar-refractivity contribution < 1.29 is 4.92 Å². The molecule has 0 aliphatic rings. The van der Waals surface area contributed by atoms with Gasteiger partial charge in [0.1, 0.15) is 0 Å². The van der Waals surface area contributed by atoms with Gasteiger partial charge < -0.3 is 5.32 Å². The van der Waals surface area contributed by atoms with Crippen molar-refractivity contribution in [1.82, 2.24) is 5.32 Å². The molecule has 1 aromatic rings. The zero-order valence-corrected chi connectivity index (χ0v) is 9.88.